The largest absolute Gasteiger partial charge is 2.00 e. The number of rotatable bonds is 0. The first kappa shape index (κ1) is 10.9. The maximum absolute atomic E-state index is 2.35. The zero-order valence-corrected chi connectivity index (χ0v) is 6.82. The van der Waals surface area contributed by atoms with Gasteiger partial charge in [0.25, 0.3) is 0 Å². The molecule has 0 aromatic heterocycles. The van der Waals surface area contributed by atoms with Gasteiger partial charge in [-0.2, -0.15) is 12.3 Å². The molecule has 0 saturated heterocycles. The molecule has 0 heterocycles. The molecule has 0 unspecified atom stereocenters. The van der Waals surface area contributed by atoms with Crippen LogP contribution < -0.4 is 12.4 Å². The summed E-state index contributed by atoms with van der Waals surface area (Å²) in [5, 5.41) is 0. The second-order valence-corrected chi connectivity index (χ2v) is 1.79. The van der Waals surface area contributed by atoms with Crippen LogP contribution in [0.25, 0.3) is 0 Å². The quantitative estimate of drug-likeness (QED) is 0.268. The van der Waals surface area contributed by atoms with Crippen LogP contribution in [0.5, 0.6) is 0 Å². The van der Waals surface area contributed by atoms with E-state index in [1.807, 2.05) is 0 Å². The van der Waals surface area contributed by atoms with Crippen molar-refractivity contribution in [1.82, 2.24) is 0 Å². The maximum Gasteiger partial charge on any atom is 2.00 e. The van der Waals surface area contributed by atoms with Crippen LogP contribution in [0.2, 0.25) is 0 Å². The van der Waals surface area contributed by atoms with Crippen molar-refractivity contribution in [3.05, 3.63) is 6.42 Å². The predicted octanol–water partition coefficient (Wildman–Crippen LogP) is -1.76. The summed E-state index contributed by atoms with van der Waals surface area (Å²) in [5.74, 6) is 0.940. The summed E-state index contributed by atoms with van der Waals surface area (Å²) in [4.78, 5) is 0. The minimum absolute atomic E-state index is 0. The zero-order valence-electron chi connectivity index (χ0n) is 4.65. The van der Waals surface area contributed by atoms with E-state index in [4.69, 9.17) is 0 Å². The van der Waals surface area contributed by atoms with Crippen molar-refractivity contribution in [2.45, 2.75) is 19.8 Å². The van der Waals surface area contributed by atoms with E-state index >= 15 is 0 Å². The van der Waals surface area contributed by atoms with E-state index in [-0.39, 0.29) is 35.5 Å². The monoisotopic (exact) mass is 128 g/mol. The van der Waals surface area contributed by atoms with Gasteiger partial charge in [-0.1, -0.05) is 6.92 Å². The molecule has 1 aliphatic rings. The van der Waals surface area contributed by atoms with Gasteiger partial charge in [0, 0.05) is 0 Å². The fourth-order valence-electron chi connectivity index (χ4n) is 0.500. The molecule has 0 N–H and O–H groups in total. The van der Waals surface area contributed by atoms with Crippen LogP contribution in [0, 0.1) is 12.3 Å². The predicted molar refractivity (Wildman–Crippen MR) is 28.5 cm³/mol. The molecule has 0 radical (unpaired) electrons. The molecule has 0 bridgehead atoms. The number of halogens is 1. The molecule has 0 aromatic rings. The van der Waals surface area contributed by atoms with E-state index < -0.39 is 0 Å². The van der Waals surface area contributed by atoms with Gasteiger partial charge in [0.1, 0.15) is 0 Å². The Bertz CT molecular complexity index is 35.1. The first-order chi connectivity index (χ1) is 2.39. The number of hydrogen-bond donors (Lipinski definition) is 0. The van der Waals surface area contributed by atoms with Gasteiger partial charge in [0.2, 0.25) is 0 Å². The van der Waals surface area contributed by atoms with Gasteiger partial charge < -0.3 is 18.8 Å². The van der Waals surface area contributed by atoms with E-state index in [9.17, 15) is 0 Å². The minimum atomic E-state index is 0. The van der Waals surface area contributed by atoms with E-state index in [1.165, 1.54) is 12.8 Å². The van der Waals surface area contributed by atoms with E-state index in [2.05, 4.69) is 13.3 Å². The van der Waals surface area contributed by atoms with Crippen LogP contribution in [0.3, 0.4) is 0 Å². The third-order valence-corrected chi connectivity index (χ3v) is 1.19. The molecule has 2 heteroatoms. The summed E-state index contributed by atoms with van der Waals surface area (Å²) in [6.45, 7) is 2.25. The van der Waals surface area contributed by atoms with Gasteiger partial charge in [-0.05, 0) is 0 Å². The van der Waals surface area contributed by atoms with Crippen molar-refractivity contribution in [3.8, 4) is 0 Å². The summed E-state index contributed by atoms with van der Waals surface area (Å²) < 4.78 is 0. The third-order valence-electron chi connectivity index (χ3n) is 1.19. The van der Waals surface area contributed by atoms with Crippen molar-refractivity contribution < 1.29 is 12.4 Å². The van der Waals surface area contributed by atoms with E-state index in [0.717, 1.165) is 5.92 Å². The molecule has 1 atom stereocenters. The average molecular weight is 129 g/mol. The molecular formula is C5H9ClMg. The molecule has 0 aromatic carbocycles. The van der Waals surface area contributed by atoms with Gasteiger partial charge in [0.15, 0.2) is 0 Å². The third kappa shape index (κ3) is 3.62. The second-order valence-electron chi connectivity index (χ2n) is 1.79. The van der Waals surface area contributed by atoms with Crippen LogP contribution in [0.1, 0.15) is 19.8 Å². The summed E-state index contributed by atoms with van der Waals surface area (Å²) >= 11 is 0. The normalized spacial score (nSPS) is 26.1. The Morgan fingerprint density at radius 1 is 1.57 bits per heavy atom. The number of hydrogen-bond acceptors (Lipinski definition) is 0. The van der Waals surface area contributed by atoms with E-state index in [1.54, 1.807) is 0 Å². The molecule has 0 amide bonds. The Kier molecular flexibility index (Phi) is 8.12. The molecule has 0 nitrogen and oxygen atoms in total. The van der Waals surface area contributed by atoms with Gasteiger partial charge in [-0.15, -0.1) is 6.42 Å². The topological polar surface area (TPSA) is 0 Å². The minimum Gasteiger partial charge on any atom is -1.00 e. The fourth-order valence-corrected chi connectivity index (χ4v) is 0.500. The second kappa shape index (κ2) is 5.20. The Labute approximate surface area is 67.6 Å². The Morgan fingerprint density at radius 2 is 1.86 bits per heavy atom. The zero-order chi connectivity index (χ0) is 3.70. The van der Waals surface area contributed by atoms with Crippen LogP contribution in [0.4, 0.5) is 0 Å². The maximum atomic E-state index is 2.35. The molecule has 0 aliphatic heterocycles. The van der Waals surface area contributed by atoms with Crippen molar-refractivity contribution in [2.75, 3.05) is 0 Å². The fraction of sp³-hybridized carbons (Fsp3) is 0.800. The van der Waals surface area contributed by atoms with Crippen molar-refractivity contribution >= 4 is 23.1 Å². The van der Waals surface area contributed by atoms with Crippen molar-refractivity contribution in [2.24, 2.45) is 5.92 Å². The first-order valence-corrected chi connectivity index (χ1v) is 2.23. The SMILES string of the molecule is C[C@H]1[CH-]CC1.[Cl-].[Mg+2]. The van der Waals surface area contributed by atoms with Gasteiger partial charge in [-0.25, -0.2) is 0 Å². The molecular weight excluding hydrogens is 120 g/mol. The van der Waals surface area contributed by atoms with Crippen LogP contribution in [-0.4, -0.2) is 23.1 Å². The van der Waals surface area contributed by atoms with Gasteiger partial charge in [-0.3, -0.25) is 0 Å². The smallest absolute Gasteiger partial charge is 1.00 e. The molecule has 0 spiro atoms. The van der Waals surface area contributed by atoms with Crippen LogP contribution >= 0.6 is 0 Å². The summed E-state index contributed by atoms with van der Waals surface area (Å²) in [5.41, 5.74) is 0. The average Bonchev–Trinajstić information content (AvgIpc) is 1.30. The Balaban J connectivity index is 0. The van der Waals surface area contributed by atoms with Crippen LogP contribution in [0.15, 0.2) is 0 Å². The molecule has 38 valence electrons. The summed E-state index contributed by atoms with van der Waals surface area (Å²) in [6.07, 6.45) is 5.14. The molecule has 1 saturated carbocycles. The molecule has 1 fully saturated rings. The summed E-state index contributed by atoms with van der Waals surface area (Å²) in [7, 11) is 0. The molecule has 1 rings (SSSR count). The van der Waals surface area contributed by atoms with Gasteiger partial charge >= 0.3 is 23.1 Å². The van der Waals surface area contributed by atoms with E-state index in [0.29, 0.717) is 0 Å². The molecule has 7 heavy (non-hydrogen) atoms. The van der Waals surface area contributed by atoms with Crippen molar-refractivity contribution in [1.29, 1.82) is 0 Å². The van der Waals surface area contributed by atoms with Crippen molar-refractivity contribution in [3.63, 3.8) is 0 Å². The first-order valence-electron chi connectivity index (χ1n) is 2.23. The summed E-state index contributed by atoms with van der Waals surface area (Å²) in [6, 6.07) is 0. The Morgan fingerprint density at radius 3 is 1.86 bits per heavy atom. The van der Waals surface area contributed by atoms with Gasteiger partial charge in [0.05, 0.1) is 0 Å². The Hall–Kier alpha value is 1.06. The van der Waals surface area contributed by atoms with Crippen LogP contribution in [-0.2, 0) is 0 Å². The standard InChI is InChI=1S/C5H9.ClH.Mg/c1-5-3-2-4-5;;/h3,5H,2,4H2,1H3;1H;/q-1;;+2/p-1/t5-;;/m0../s1. The molecule has 1 aliphatic carbocycles.